The first-order valence-corrected chi connectivity index (χ1v) is 10.4. The molecule has 0 saturated carbocycles. The molecule has 0 bridgehead atoms. The average molecular weight is 393 g/mol. The van der Waals surface area contributed by atoms with Crippen LogP contribution in [-0.4, -0.2) is 33.9 Å². The Labute approximate surface area is 172 Å². The van der Waals surface area contributed by atoms with Gasteiger partial charge < -0.3 is 9.64 Å². The Hall–Kier alpha value is -2.73. The fourth-order valence-electron chi connectivity index (χ4n) is 4.25. The highest BCUT2D eigenvalue weighted by molar-refractivity contribution is 5.38. The molecule has 0 radical (unpaired) electrons. The van der Waals surface area contributed by atoms with E-state index in [2.05, 4.69) is 72.7 Å². The van der Waals surface area contributed by atoms with E-state index in [1.54, 1.807) is 7.11 Å². The molecule has 6 heteroatoms. The summed E-state index contributed by atoms with van der Waals surface area (Å²) in [5.41, 5.74) is 3.82. The van der Waals surface area contributed by atoms with Gasteiger partial charge in [0.2, 0.25) is 5.82 Å². The van der Waals surface area contributed by atoms with Crippen molar-refractivity contribution in [3.05, 3.63) is 71.0 Å². The highest BCUT2D eigenvalue weighted by Gasteiger charge is 2.38. The van der Waals surface area contributed by atoms with Crippen LogP contribution in [0.1, 0.15) is 55.7 Å². The highest BCUT2D eigenvalue weighted by Crippen LogP contribution is 2.30. The monoisotopic (exact) mass is 392 g/mol. The Kier molecular flexibility index (Phi) is 5.37. The van der Waals surface area contributed by atoms with Crippen LogP contribution in [0.3, 0.4) is 0 Å². The molecule has 6 nitrogen and oxygen atoms in total. The predicted molar refractivity (Wildman–Crippen MR) is 112 cm³/mol. The second kappa shape index (κ2) is 7.95. The number of rotatable bonds is 6. The van der Waals surface area contributed by atoms with Gasteiger partial charge in [-0.25, -0.2) is 4.68 Å². The number of aromatic nitrogens is 4. The number of tetrazole rings is 1. The minimum absolute atomic E-state index is 0.000307. The lowest BCUT2D eigenvalue weighted by molar-refractivity contribution is -0.942. The quantitative estimate of drug-likeness (QED) is 0.701. The van der Waals surface area contributed by atoms with Gasteiger partial charge in [0.05, 0.1) is 24.8 Å². The van der Waals surface area contributed by atoms with Crippen LogP contribution < -0.4 is 9.64 Å². The Balaban J connectivity index is 1.83. The number of fused-ring (bicyclic) bond motifs is 1. The summed E-state index contributed by atoms with van der Waals surface area (Å²) in [6.07, 6.45) is 2.00. The van der Waals surface area contributed by atoms with E-state index in [9.17, 15) is 0 Å². The van der Waals surface area contributed by atoms with Gasteiger partial charge in [-0.15, -0.1) is 5.10 Å². The summed E-state index contributed by atoms with van der Waals surface area (Å²) in [4.78, 5) is 1.44. The van der Waals surface area contributed by atoms with Crippen molar-refractivity contribution >= 4 is 0 Å². The number of ether oxygens (including phenoxy) is 1. The predicted octanol–water partition coefficient (Wildman–Crippen LogP) is 2.56. The minimum Gasteiger partial charge on any atom is -0.496 e. The van der Waals surface area contributed by atoms with E-state index in [0.29, 0.717) is 0 Å². The standard InChI is InChI=1S/C23H29N5O/c1-5-23(2,3)28-22(24-25-26-28)21(19-12-8-9-13-20(19)29-4)27-15-14-17-10-6-7-11-18(17)16-27/h6-13,21H,5,14-16H2,1-4H3/p+1/t21-/m1/s1. The molecule has 152 valence electrons. The number of nitrogens with one attached hydrogen (secondary N) is 1. The number of hydrogen-bond acceptors (Lipinski definition) is 4. The second-order valence-electron chi connectivity index (χ2n) is 8.39. The van der Waals surface area contributed by atoms with E-state index in [1.165, 1.54) is 16.0 Å². The SMILES string of the molecule is CCC(C)(C)n1nnnc1[C@@H](c1ccccc1OC)[NH+]1CCc2ccccc2C1. The third-order valence-corrected chi connectivity index (χ3v) is 6.30. The van der Waals surface area contributed by atoms with E-state index in [0.717, 1.165) is 43.1 Å². The zero-order valence-electron chi connectivity index (χ0n) is 17.7. The Morgan fingerprint density at radius 3 is 2.59 bits per heavy atom. The van der Waals surface area contributed by atoms with Crippen LogP contribution in [0.15, 0.2) is 48.5 Å². The zero-order chi connectivity index (χ0) is 20.4. The fourth-order valence-corrected chi connectivity index (χ4v) is 4.25. The number of nitrogens with zero attached hydrogens (tertiary/aromatic N) is 4. The van der Waals surface area contributed by atoms with Crippen molar-refractivity contribution in [1.29, 1.82) is 0 Å². The minimum atomic E-state index is -0.160. The van der Waals surface area contributed by atoms with Crippen molar-refractivity contribution in [2.75, 3.05) is 13.7 Å². The summed E-state index contributed by atoms with van der Waals surface area (Å²) in [5, 5.41) is 13.0. The van der Waals surface area contributed by atoms with E-state index in [1.807, 2.05) is 16.8 Å². The normalized spacial score (nSPS) is 17.6. The average Bonchev–Trinajstić information content (AvgIpc) is 3.24. The lowest BCUT2D eigenvalue weighted by Gasteiger charge is -2.34. The van der Waals surface area contributed by atoms with Crippen molar-refractivity contribution in [2.24, 2.45) is 0 Å². The van der Waals surface area contributed by atoms with Crippen molar-refractivity contribution < 1.29 is 9.64 Å². The molecule has 1 aliphatic rings. The van der Waals surface area contributed by atoms with Crippen LogP contribution in [0.5, 0.6) is 5.75 Å². The van der Waals surface area contributed by atoms with Gasteiger partial charge in [-0.05, 0) is 48.4 Å². The molecule has 0 saturated heterocycles. The highest BCUT2D eigenvalue weighted by atomic mass is 16.5. The second-order valence-corrected chi connectivity index (χ2v) is 8.39. The molecule has 4 rings (SSSR count). The molecule has 0 fully saturated rings. The zero-order valence-corrected chi connectivity index (χ0v) is 17.7. The maximum atomic E-state index is 5.75. The molecule has 1 aromatic heterocycles. The Morgan fingerprint density at radius 2 is 1.83 bits per heavy atom. The Morgan fingerprint density at radius 1 is 1.10 bits per heavy atom. The molecule has 1 N–H and O–H groups in total. The van der Waals surface area contributed by atoms with Gasteiger partial charge >= 0.3 is 0 Å². The van der Waals surface area contributed by atoms with Gasteiger partial charge in [0.15, 0.2) is 6.04 Å². The topological polar surface area (TPSA) is 57.3 Å². The number of benzene rings is 2. The van der Waals surface area contributed by atoms with Crippen LogP contribution in [0, 0.1) is 0 Å². The first-order valence-electron chi connectivity index (χ1n) is 10.4. The van der Waals surface area contributed by atoms with Gasteiger partial charge in [0.1, 0.15) is 12.3 Å². The summed E-state index contributed by atoms with van der Waals surface area (Å²) < 4.78 is 7.76. The largest absolute Gasteiger partial charge is 0.496 e. The molecule has 29 heavy (non-hydrogen) atoms. The van der Waals surface area contributed by atoms with Gasteiger partial charge in [-0.1, -0.05) is 43.3 Å². The molecule has 1 aliphatic heterocycles. The van der Waals surface area contributed by atoms with Gasteiger partial charge in [-0.3, -0.25) is 0 Å². The maximum Gasteiger partial charge on any atom is 0.214 e. The first-order chi connectivity index (χ1) is 14.0. The summed E-state index contributed by atoms with van der Waals surface area (Å²) in [6, 6.07) is 17.0. The molecule has 1 unspecified atom stereocenters. The summed E-state index contributed by atoms with van der Waals surface area (Å²) in [7, 11) is 1.73. The fraction of sp³-hybridized carbons (Fsp3) is 0.435. The summed E-state index contributed by atoms with van der Waals surface area (Å²) in [5.74, 6) is 1.78. The molecule has 0 spiro atoms. The van der Waals surface area contributed by atoms with Crippen molar-refractivity contribution in [3.63, 3.8) is 0 Å². The van der Waals surface area contributed by atoms with Crippen molar-refractivity contribution in [1.82, 2.24) is 20.2 Å². The molecule has 2 heterocycles. The molecule has 0 aliphatic carbocycles. The lowest BCUT2D eigenvalue weighted by Crippen LogP contribution is -3.12. The molecule has 2 aromatic carbocycles. The summed E-state index contributed by atoms with van der Waals surface area (Å²) in [6.45, 7) is 8.52. The van der Waals surface area contributed by atoms with Crippen molar-refractivity contribution in [3.8, 4) is 5.75 Å². The van der Waals surface area contributed by atoms with Crippen LogP contribution in [-0.2, 0) is 18.5 Å². The van der Waals surface area contributed by atoms with Crippen LogP contribution >= 0.6 is 0 Å². The summed E-state index contributed by atoms with van der Waals surface area (Å²) >= 11 is 0. The third kappa shape index (κ3) is 3.65. The first kappa shape index (κ1) is 19.6. The van der Waals surface area contributed by atoms with E-state index < -0.39 is 0 Å². The van der Waals surface area contributed by atoms with E-state index in [4.69, 9.17) is 4.74 Å². The maximum absolute atomic E-state index is 5.75. The van der Waals surface area contributed by atoms with Gasteiger partial charge in [-0.2, -0.15) is 0 Å². The smallest absolute Gasteiger partial charge is 0.214 e. The number of methoxy groups -OCH3 is 1. The van der Waals surface area contributed by atoms with Crippen LogP contribution in [0.4, 0.5) is 0 Å². The van der Waals surface area contributed by atoms with Gasteiger partial charge in [0.25, 0.3) is 0 Å². The molecular weight excluding hydrogens is 362 g/mol. The van der Waals surface area contributed by atoms with Crippen molar-refractivity contribution in [2.45, 2.75) is 51.7 Å². The number of para-hydroxylation sites is 1. The molecule has 0 amide bonds. The van der Waals surface area contributed by atoms with Gasteiger partial charge in [0, 0.05) is 12.0 Å². The molecular formula is C23H30N5O+. The lowest BCUT2D eigenvalue weighted by atomic mass is 9.94. The molecule has 2 atom stereocenters. The third-order valence-electron chi connectivity index (χ3n) is 6.30. The van der Waals surface area contributed by atoms with Crippen LogP contribution in [0.2, 0.25) is 0 Å². The number of quaternary nitrogens is 1. The Bertz CT molecular complexity index is 981. The van der Waals surface area contributed by atoms with E-state index in [-0.39, 0.29) is 11.6 Å². The number of hydrogen-bond donors (Lipinski definition) is 1. The van der Waals surface area contributed by atoms with Crippen LogP contribution in [0.25, 0.3) is 0 Å². The molecule has 3 aromatic rings. The van der Waals surface area contributed by atoms with E-state index >= 15 is 0 Å².